The Bertz CT molecular complexity index is 721. The number of carbonyl (C=O) groups excluding carboxylic acids is 1. The smallest absolute Gasteiger partial charge is 0.272 e. The SMILES string of the molecule is COc1cc(C=NNC(=O)c2cccnc2)c(Br)c(Br)c1O. The maximum Gasteiger partial charge on any atom is 0.272 e. The van der Waals surface area contributed by atoms with Crippen molar-refractivity contribution in [2.45, 2.75) is 0 Å². The van der Waals surface area contributed by atoms with Crippen LogP contribution in [-0.4, -0.2) is 29.3 Å². The van der Waals surface area contributed by atoms with E-state index in [0.717, 1.165) is 0 Å². The molecule has 6 nitrogen and oxygen atoms in total. The Balaban J connectivity index is 2.17. The van der Waals surface area contributed by atoms with Crippen molar-refractivity contribution in [1.29, 1.82) is 0 Å². The van der Waals surface area contributed by atoms with Gasteiger partial charge in [-0.2, -0.15) is 5.10 Å². The van der Waals surface area contributed by atoms with Crippen LogP contribution in [0.3, 0.4) is 0 Å². The summed E-state index contributed by atoms with van der Waals surface area (Å²) in [5.74, 6) is -0.105. The van der Waals surface area contributed by atoms with Gasteiger partial charge in [0.25, 0.3) is 5.91 Å². The summed E-state index contributed by atoms with van der Waals surface area (Å²) in [6.45, 7) is 0. The van der Waals surface area contributed by atoms with Crippen LogP contribution in [0.15, 0.2) is 44.6 Å². The molecule has 1 amide bonds. The lowest BCUT2D eigenvalue weighted by atomic mass is 10.2. The van der Waals surface area contributed by atoms with Gasteiger partial charge in [0, 0.05) is 22.4 Å². The van der Waals surface area contributed by atoms with Gasteiger partial charge < -0.3 is 9.84 Å². The molecule has 2 rings (SSSR count). The van der Waals surface area contributed by atoms with Gasteiger partial charge in [-0.3, -0.25) is 9.78 Å². The molecule has 114 valence electrons. The number of phenolic OH excluding ortho intramolecular Hbond substituents is 1. The number of pyridine rings is 1. The first-order valence-corrected chi connectivity index (χ1v) is 7.61. The summed E-state index contributed by atoms with van der Waals surface area (Å²) >= 11 is 6.58. The summed E-state index contributed by atoms with van der Waals surface area (Å²) in [6.07, 6.45) is 4.46. The number of rotatable bonds is 4. The normalized spacial score (nSPS) is 10.7. The Kier molecular flexibility index (Phi) is 5.51. The van der Waals surface area contributed by atoms with E-state index < -0.39 is 0 Å². The number of methoxy groups -OCH3 is 1. The minimum atomic E-state index is -0.370. The maximum atomic E-state index is 11.8. The van der Waals surface area contributed by atoms with Crippen LogP contribution >= 0.6 is 31.9 Å². The van der Waals surface area contributed by atoms with Crippen molar-refractivity contribution in [1.82, 2.24) is 10.4 Å². The number of hydrazone groups is 1. The number of carbonyl (C=O) groups is 1. The third kappa shape index (κ3) is 3.63. The van der Waals surface area contributed by atoms with Gasteiger partial charge in [0.05, 0.1) is 23.4 Å². The van der Waals surface area contributed by atoms with Crippen LogP contribution < -0.4 is 10.2 Å². The lowest BCUT2D eigenvalue weighted by Crippen LogP contribution is -2.17. The average molecular weight is 429 g/mol. The molecule has 1 aromatic heterocycles. The van der Waals surface area contributed by atoms with Gasteiger partial charge in [-0.25, -0.2) is 5.43 Å². The molecule has 2 N–H and O–H groups in total. The molecule has 2 aromatic rings. The number of benzene rings is 1. The first kappa shape index (κ1) is 16.4. The predicted molar refractivity (Wildman–Crippen MR) is 89.4 cm³/mol. The van der Waals surface area contributed by atoms with Crippen molar-refractivity contribution in [3.8, 4) is 11.5 Å². The Morgan fingerprint density at radius 3 is 2.86 bits per heavy atom. The van der Waals surface area contributed by atoms with E-state index in [1.54, 1.807) is 24.4 Å². The van der Waals surface area contributed by atoms with Crippen LogP contribution in [0, 0.1) is 0 Å². The summed E-state index contributed by atoms with van der Waals surface area (Å²) < 4.78 is 6.09. The maximum absolute atomic E-state index is 11.8. The highest BCUT2D eigenvalue weighted by Gasteiger charge is 2.13. The van der Waals surface area contributed by atoms with E-state index >= 15 is 0 Å². The monoisotopic (exact) mass is 427 g/mol. The molecule has 0 radical (unpaired) electrons. The molecule has 8 heteroatoms. The van der Waals surface area contributed by atoms with Gasteiger partial charge in [0.1, 0.15) is 0 Å². The molecule has 1 aromatic carbocycles. The molecule has 0 fully saturated rings. The summed E-state index contributed by atoms with van der Waals surface area (Å²) in [6, 6.07) is 4.88. The van der Waals surface area contributed by atoms with Crippen molar-refractivity contribution < 1.29 is 14.6 Å². The van der Waals surface area contributed by atoms with E-state index in [1.807, 2.05) is 0 Å². The second-order valence-electron chi connectivity index (χ2n) is 4.09. The van der Waals surface area contributed by atoms with E-state index in [9.17, 15) is 9.90 Å². The highest BCUT2D eigenvalue weighted by Crippen LogP contribution is 2.41. The highest BCUT2D eigenvalue weighted by atomic mass is 79.9. The zero-order valence-electron chi connectivity index (χ0n) is 11.4. The molecule has 0 aliphatic heterocycles. The molecule has 0 atom stereocenters. The zero-order valence-corrected chi connectivity index (χ0v) is 14.6. The first-order valence-electron chi connectivity index (χ1n) is 6.03. The summed E-state index contributed by atoms with van der Waals surface area (Å²) in [4.78, 5) is 15.7. The van der Waals surface area contributed by atoms with E-state index in [1.165, 1.54) is 19.5 Å². The second-order valence-corrected chi connectivity index (χ2v) is 5.67. The second kappa shape index (κ2) is 7.37. The molecule has 22 heavy (non-hydrogen) atoms. The summed E-state index contributed by atoms with van der Waals surface area (Å²) in [7, 11) is 1.44. The fourth-order valence-corrected chi connectivity index (χ4v) is 2.41. The van der Waals surface area contributed by atoms with Crippen LogP contribution in [0.5, 0.6) is 11.5 Å². The van der Waals surface area contributed by atoms with E-state index in [-0.39, 0.29) is 17.4 Å². The van der Waals surface area contributed by atoms with Gasteiger partial charge in [-0.05, 0) is 50.1 Å². The summed E-state index contributed by atoms with van der Waals surface area (Å²) in [5.41, 5.74) is 3.42. The standard InChI is InChI=1S/C14H11Br2N3O3/c1-22-10-5-9(11(15)12(16)13(10)20)7-18-19-14(21)8-3-2-4-17-6-8/h2-7,20H,1H3,(H,19,21). The van der Waals surface area contributed by atoms with Crippen LogP contribution in [0.25, 0.3) is 0 Å². The Labute approximate surface area is 143 Å². The quantitative estimate of drug-likeness (QED) is 0.578. The largest absolute Gasteiger partial charge is 0.503 e. The molecule has 0 unspecified atom stereocenters. The first-order chi connectivity index (χ1) is 10.5. The lowest BCUT2D eigenvalue weighted by Gasteiger charge is -2.09. The van der Waals surface area contributed by atoms with Gasteiger partial charge in [-0.1, -0.05) is 0 Å². The number of nitrogens with zero attached hydrogens (tertiary/aromatic N) is 2. The number of aromatic hydroxyl groups is 1. The van der Waals surface area contributed by atoms with Crippen LogP contribution in [-0.2, 0) is 0 Å². The van der Waals surface area contributed by atoms with Gasteiger partial charge in [-0.15, -0.1) is 0 Å². The minimum Gasteiger partial charge on any atom is -0.503 e. The number of hydrogen-bond donors (Lipinski definition) is 2. The van der Waals surface area contributed by atoms with E-state index in [0.29, 0.717) is 20.1 Å². The average Bonchev–Trinajstić information content (AvgIpc) is 2.55. The third-order valence-electron chi connectivity index (χ3n) is 2.69. The molecule has 0 saturated heterocycles. The molecule has 0 saturated carbocycles. The number of phenols is 1. The molecule has 0 spiro atoms. The van der Waals surface area contributed by atoms with E-state index in [4.69, 9.17) is 4.74 Å². The fourth-order valence-electron chi connectivity index (χ4n) is 1.58. The Morgan fingerprint density at radius 2 is 2.23 bits per heavy atom. The molecule has 0 aliphatic carbocycles. The third-order valence-corrected chi connectivity index (χ3v) is 4.85. The zero-order chi connectivity index (χ0) is 16.1. The number of nitrogens with one attached hydrogen (secondary N) is 1. The Hall–Kier alpha value is -1.93. The van der Waals surface area contributed by atoms with Gasteiger partial charge >= 0.3 is 0 Å². The van der Waals surface area contributed by atoms with Crippen molar-refractivity contribution >= 4 is 44.0 Å². The molecular weight excluding hydrogens is 418 g/mol. The van der Waals surface area contributed by atoms with Crippen molar-refractivity contribution in [3.63, 3.8) is 0 Å². The molecule has 0 aliphatic rings. The topological polar surface area (TPSA) is 83.8 Å². The predicted octanol–water partition coefficient (Wildman–Crippen LogP) is 3.08. The molecule has 0 bridgehead atoms. The number of aromatic nitrogens is 1. The van der Waals surface area contributed by atoms with Crippen LogP contribution in [0.4, 0.5) is 0 Å². The van der Waals surface area contributed by atoms with E-state index in [2.05, 4.69) is 47.4 Å². The van der Waals surface area contributed by atoms with Crippen molar-refractivity contribution in [2.24, 2.45) is 5.10 Å². The number of hydrogen-bond acceptors (Lipinski definition) is 5. The van der Waals surface area contributed by atoms with Crippen LogP contribution in [0.1, 0.15) is 15.9 Å². The number of ether oxygens (including phenoxy) is 1. The number of amides is 1. The lowest BCUT2D eigenvalue weighted by molar-refractivity contribution is 0.0955. The molecular formula is C14H11Br2N3O3. The Morgan fingerprint density at radius 1 is 1.45 bits per heavy atom. The number of halogens is 2. The van der Waals surface area contributed by atoms with Crippen molar-refractivity contribution in [2.75, 3.05) is 7.11 Å². The highest BCUT2D eigenvalue weighted by molar-refractivity contribution is 9.13. The van der Waals surface area contributed by atoms with Crippen LogP contribution in [0.2, 0.25) is 0 Å². The minimum absolute atomic E-state index is 0.0223. The van der Waals surface area contributed by atoms with Gasteiger partial charge in [0.15, 0.2) is 11.5 Å². The van der Waals surface area contributed by atoms with Crippen molar-refractivity contribution in [3.05, 3.63) is 50.7 Å². The fraction of sp³-hybridized carbons (Fsp3) is 0.0714. The molecule has 1 heterocycles. The van der Waals surface area contributed by atoms with Gasteiger partial charge in [0.2, 0.25) is 0 Å². The summed E-state index contributed by atoms with van der Waals surface area (Å²) in [5, 5.41) is 13.7.